The van der Waals surface area contributed by atoms with Crippen LogP contribution in [0.1, 0.15) is 44.0 Å². The van der Waals surface area contributed by atoms with Gasteiger partial charge in [0.1, 0.15) is 24.7 Å². The molecule has 1 atom stereocenters. The number of carbonyl (C=O) groups is 2. The number of benzene rings is 2. The molecule has 32 heavy (non-hydrogen) atoms. The SMILES string of the molecule is CC(C)C(C)NC(=O)C1CCN(C(=O)c2ccccc2OCCOc2ccccc2)CC1. The molecule has 2 aromatic rings. The van der Waals surface area contributed by atoms with Gasteiger partial charge in [0.2, 0.25) is 5.91 Å². The summed E-state index contributed by atoms with van der Waals surface area (Å²) < 4.78 is 11.5. The van der Waals surface area contributed by atoms with Gasteiger partial charge in [-0.25, -0.2) is 0 Å². The van der Waals surface area contributed by atoms with Gasteiger partial charge in [0.05, 0.1) is 5.56 Å². The second kappa shape index (κ2) is 11.6. The van der Waals surface area contributed by atoms with E-state index in [9.17, 15) is 9.59 Å². The van der Waals surface area contributed by atoms with Gasteiger partial charge in [-0.3, -0.25) is 9.59 Å². The zero-order valence-corrected chi connectivity index (χ0v) is 19.3. The van der Waals surface area contributed by atoms with E-state index in [0.717, 1.165) is 5.75 Å². The Morgan fingerprint density at radius 1 is 0.938 bits per heavy atom. The molecule has 172 valence electrons. The van der Waals surface area contributed by atoms with Crippen LogP contribution < -0.4 is 14.8 Å². The highest BCUT2D eigenvalue weighted by Crippen LogP contribution is 2.24. The van der Waals surface area contributed by atoms with E-state index in [4.69, 9.17) is 9.47 Å². The molecule has 2 amide bonds. The molecule has 0 aliphatic carbocycles. The maximum Gasteiger partial charge on any atom is 0.257 e. The highest BCUT2D eigenvalue weighted by atomic mass is 16.5. The summed E-state index contributed by atoms with van der Waals surface area (Å²) in [5.41, 5.74) is 0.545. The quantitative estimate of drug-likeness (QED) is 0.597. The molecule has 1 heterocycles. The van der Waals surface area contributed by atoms with E-state index < -0.39 is 0 Å². The molecule has 3 rings (SSSR count). The lowest BCUT2D eigenvalue weighted by molar-refractivity contribution is -0.127. The number of nitrogens with zero attached hydrogens (tertiary/aromatic N) is 1. The smallest absolute Gasteiger partial charge is 0.257 e. The predicted octanol–water partition coefficient (Wildman–Crippen LogP) is 4.16. The van der Waals surface area contributed by atoms with Gasteiger partial charge in [0.25, 0.3) is 5.91 Å². The van der Waals surface area contributed by atoms with Crippen molar-refractivity contribution >= 4 is 11.8 Å². The Hall–Kier alpha value is -3.02. The highest BCUT2D eigenvalue weighted by Gasteiger charge is 2.29. The van der Waals surface area contributed by atoms with Crippen molar-refractivity contribution in [2.45, 2.75) is 39.7 Å². The summed E-state index contributed by atoms with van der Waals surface area (Å²) in [6.45, 7) is 8.09. The van der Waals surface area contributed by atoms with Gasteiger partial charge in [0.15, 0.2) is 0 Å². The molecule has 0 bridgehead atoms. The van der Waals surface area contributed by atoms with Gasteiger partial charge in [0, 0.05) is 25.0 Å². The Balaban J connectivity index is 1.50. The predicted molar refractivity (Wildman–Crippen MR) is 125 cm³/mol. The van der Waals surface area contributed by atoms with Gasteiger partial charge in [-0.15, -0.1) is 0 Å². The van der Waals surface area contributed by atoms with Crippen LogP contribution in [0.5, 0.6) is 11.5 Å². The van der Waals surface area contributed by atoms with Gasteiger partial charge in [-0.2, -0.15) is 0 Å². The molecule has 0 aromatic heterocycles. The zero-order valence-electron chi connectivity index (χ0n) is 19.3. The van der Waals surface area contributed by atoms with E-state index in [-0.39, 0.29) is 23.8 Å². The number of hydrogen-bond donors (Lipinski definition) is 1. The number of para-hydroxylation sites is 2. The van der Waals surface area contributed by atoms with E-state index in [1.807, 2.05) is 60.4 Å². The first-order chi connectivity index (χ1) is 15.5. The molecule has 6 heteroatoms. The van der Waals surface area contributed by atoms with Crippen LogP contribution in [0.2, 0.25) is 0 Å². The fourth-order valence-electron chi connectivity index (χ4n) is 3.62. The van der Waals surface area contributed by atoms with Gasteiger partial charge < -0.3 is 19.7 Å². The van der Waals surface area contributed by atoms with Gasteiger partial charge >= 0.3 is 0 Å². The molecule has 2 aromatic carbocycles. The Morgan fingerprint density at radius 2 is 1.56 bits per heavy atom. The molecule has 1 aliphatic rings. The number of rotatable bonds is 9. The molecule has 1 saturated heterocycles. The number of hydrogen-bond acceptors (Lipinski definition) is 4. The third-order valence-electron chi connectivity index (χ3n) is 5.99. The van der Waals surface area contributed by atoms with Crippen LogP contribution in [0, 0.1) is 11.8 Å². The maximum atomic E-state index is 13.1. The fourth-order valence-corrected chi connectivity index (χ4v) is 3.62. The van der Waals surface area contributed by atoms with Crippen molar-refractivity contribution < 1.29 is 19.1 Å². The summed E-state index contributed by atoms with van der Waals surface area (Å²) in [5, 5.41) is 3.10. The third-order valence-corrected chi connectivity index (χ3v) is 5.99. The lowest BCUT2D eigenvalue weighted by Gasteiger charge is -2.32. The second-order valence-corrected chi connectivity index (χ2v) is 8.61. The van der Waals surface area contributed by atoms with Crippen molar-refractivity contribution in [3.8, 4) is 11.5 Å². The molecule has 6 nitrogen and oxygen atoms in total. The minimum Gasteiger partial charge on any atom is -0.490 e. The summed E-state index contributed by atoms with van der Waals surface area (Å²) in [7, 11) is 0. The van der Waals surface area contributed by atoms with Crippen LogP contribution in [-0.4, -0.2) is 49.1 Å². The maximum absolute atomic E-state index is 13.1. The normalized spacial score (nSPS) is 15.3. The monoisotopic (exact) mass is 438 g/mol. The zero-order chi connectivity index (χ0) is 22.9. The van der Waals surface area contributed by atoms with Crippen LogP contribution in [0.15, 0.2) is 54.6 Å². The largest absolute Gasteiger partial charge is 0.490 e. The first-order valence-corrected chi connectivity index (χ1v) is 11.4. The van der Waals surface area contributed by atoms with E-state index in [1.165, 1.54) is 0 Å². The summed E-state index contributed by atoms with van der Waals surface area (Å²) in [4.78, 5) is 27.5. The van der Waals surface area contributed by atoms with Crippen LogP contribution in [-0.2, 0) is 4.79 Å². The van der Waals surface area contributed by atoms with Crippen molar-refractivity contribution in [2.24, 2.45) is 11.8 Å². The average molecular weight is 439 g/mol. The first kappa shape index (κ1) is 23.6. The number of piperidine rings is 1. The van der Waals surface area contributed by atoms with Crippen molar-refractivity contribution in [2.75, 3.05) is 26.3 Å². The Labute approximate surface area is 190 Å². The summed E-state index contributed by atoms with van der Waals surface area (Å²) in [6, 6.07) is 17.0. The van der Waals surface area contributed by atoms with Gasteiger partial charge in [-0.1, -0.05) is 44.2 Å². The molecule has 1 unspecified atom stereocenters. The van der Waals surface area contributed by atoms with Crippen LogP contribution >= 0.6 is 0 Å². The second-order valence-electron chi connectivity index (χ2n) is 8.61. The van der Waals surface area contributed by atoms with Crippen molar-refractivity contribution in [3.63, 3.8) is 0 Å². The number of ether oxygens (including phenoxy) is 2. The lowest BCUT2D eigenvalue weighted by atomic mass is 9.94. The van der Waals surface area contributed by atoms with E-state index in [2.05, 4.69) is 19.2 Å². The van der Waals surface area contributed by atoms with Crippen molar-refractivity contribution in [1.82, 2.24) is 10.2 Å². The average Bonchev–Trinajstić information content (AvgIpc) is 2.82. The molecular formula is C26H34N2O4. The summed E-state index contributed by atoms with van der Waals surface area (Å²) in [5.74, 6) is 1.74. The topological polar surface area (TPSA) is 67.9 Å². The minimum atomic E-state index is -0.0565. The number of amides is 2. The summed E-state index contributed by atoms with van der Waals surface area (Å²) >= 11 is 0. The van der Waals surface area contributed by atoms with Crippen LogP contribution in [0.4, 0.5) is 0 Å². The van der Waals surface area contributed by atoms with Crippen molar-refractivity contribution in [3.05, 3.63) is 60.2 Å². The molecule has 1 fully saturated rings. The Morgan fingerprint density at radius 3 is 2.25 bits per heavy atom. The third kappa shape index (κ3) is 6.49. The molecule has 0 spiro atoms. The summed E-state index contributed by atoms with van der Waals surface area (Å²) in [6.07, 6.45) is 1.35. The van der Waals surface area contributed by atoms with E-state index in [1.54, 1.807) is 6.07 Å². The standard InChI is InChI=1S/C26H34N2O4/c1-19(2)20(3)27-25(29)21-13-15-28(16-14-21)26(30)23-11-7-8-12-24(23)32-18-17-31-22-9-5-4-6-10-22/h4-12,19-21H,13-18H2,1-3H3,(H,27,29). The molecule has 1 N–H and O–H groups in total. The van der Waals surface area contributed by atoms with Crippen LogP contribution in [0.25, 0.3) is 0 Å². The number of nitrogens with one attached hydrogen (secondary N) is 1. The van der Waals surface area contributed by atoms with Gasteiger partial charge in [-0.05, 0) is 49.9 Å². The first-order valence-electron chi connectivity index (χ1n) is 11.4. The molecule has 0 radical (unpaired) electrons. The number of carbonyl (C=O) groups excluding carboxylic acids is 2. The molecular weight excluding hydrogens is 404 g/mol. The Kier molecular flexibility index (Phi) is 8.54. The molecule has 0 saturated carbocycles. The minimum absolute atomic E-state index is 0.0399. The van der Waals surface area contributed by atoms with E-state index >= 15 is 0 Å². The number of likely N-dealkylation sites (tertiary alicyclic amines) is 1. The lowest BCUT2D eigenvalue weighted by Crippen LogP contribution is -2.45. The molecule has 1 aliphatic heterocycles. The van der Waals surface area contributed by atoms with Crippen LogP contribution in [0.3, 0.4) is 0 Å². The fraction of sp³-hybridized carbons (Fsp3) is 0.462. The highest BCUT2D eigenvalue weighted by molar-refractivity contribution is 5.97. The van der Waals surface area contributed by atoms with Crippen molar-refractivity contribution in [1.29, 1.82) is 0 Å². The Bertz CT molecular complexity index is 876. The van der Waals surface area contributed by atoms with E-state index in [0.29, 0.717) is 56.4 Å².